The van der Waals surface area contributed by atoms with Gasteiger partial charge in [0.15, 0.2) is 0 Å². The Balaban J connectivity index is 0.848. The number of urea groups is 1. The monoisotopic (exact) mass is 838 g/mol. The number of anilines is 1. The number of nitrogens with one attached hydrogen (secondary N) is 2. The molecule has 5 aliphatic rings. The fourth-order valence-electron chi connectivity index (χ4n) is 9.43. The molecule has 324 valence electrons. The minimum atomic E-state index is -0.984. The van der Waals surface area contributed by atoms with Crippen LogP contribution in [0.1, 0.15) is 63.1 Å². The lowest BCUT2D eigenvalue weighted by atomic mass is 9.91. The molecule has 2 atom stereocenters. The number of amides is 6. The number of piperidine rings is 1. The Kier molecular flexibility index (Phi) is 12.1. The van der Waals surface area contributed by atoms with Gasteiger partial charge in [0.1, 0.15) is 17.5 Å². The number of rotatable bonds is 11. The van der Waals surface area contributed by atoms with Gasteiger partial charge < -0.3 is 33.9 Å². The van der Waals surface area contributed by atoms with Crippen LogP contribution in [0, 0.1) is 0 Å². The van der Waals surface area contributed by atoms with Crippen molar-refractivity contribution in [2.45, 2.75) is 57.3 Å². The van der Waals surface area contributed by atoms with E-state index in [1.54, 1.807) is 49.9 Å². The van der Waals surface area contributed by atoms with Crippen LogP contribution in [0.4, 0.5) is 10.5 Å². The standard InChI is InChI=1S/C44H54N8O9/c1-45-44(58)51-13-11-30-33(24-47(2)41(55)34(30)26-51)27-20-37(59-3)35(38(21-27)60-4)25-49-18-19-61-29(23-49)6-5-12-48-14-16-50(17-15-48)28-7-8-31-32(22-28)43(57)52(42(31)56)36-9-10-39(53)46-40(36)54/h7-8,20-22,24,29,36H,5-6,9-19,23,25-26H2,1-4H3,(H,45,58)(H,46,53,54). The van der Waals surface area contributed by atoms with Gasteiger partial charge in [-0.25, -0.2) is 4.79 Å². The average molecular weight is 839 g/mol. The molecule has 61 heavy (non-hydrogen) atoms. The summed E-state index contributed by atoms with van der Waals surface area (Å²) in [6, 6.07) is 8.14. The third kappa shape index (κ3) is 8.33. The maximum Gasteiger partial charge on any atom is 0.317 e. The Hall–Kier alpha value is -5.78. The Bertz CT molecular complexity index is 2280. The molecule has 6 heterocycles. The highest BCUT2D eigenvalue weighted by Gasteiger charge is 2.45. The third-order valence-corrected chi connectivity index (χ3v) is 12.8. The van der Waals surface area contributed by atoms with Crippen molar-refractivity contribution in [3.8, 4) is 22.6 Å². The van der Waals surface area contributed by atoms with Gasteiger partial charge in [-0.2, -0.15) is 0 Å². The molecule has 0 spiro atoms. The number of ether oxygens (including phenoxy) is 3. The zero-order valence-corrected chi connectivity index (χ0v) is 35.3. The highest BCUT2D eigenvalue weighted by Crippen LogP contribution is 2.39. The van der Waals surface area contributed by atoms with E-state index in [0.717, 1.165) is 91.5 Å². The molecule has 6 amide bonds. The summed E-state index contributed by atoms with van der Waals surface area (Å²) in [5.41, 5.74) is 5.64. The fourth-order valence-corrected chi connectivity index (χ4v) is 9.43. The number of aryl methyl sites for hydroxylation is 1. The average Bonchev–Trinajstić information content (AvgIpc) is 3.52. The number of nitrogens with zero attached hydrogens (tertiary/aromatic N) is 6. The van der Waals surface area contributed by atoms with Gasteiger partial charge in [-0.15, -0.1) is 0 Å². The lowest BCUT2D eigenvalue weighted by Crippen LogP contribution is -2.54. The molecule has 17 heteroatoms. The van der Waals surface area contributed by atoms with E-state index in [4.69, 9.17) is 14.2 Å². The van der Waals surface area contributed by atoms with Crippen molar-refractivity contribution in [2.24, 2.45) is 7.05 Å². The maximum absolute atomic E-state index is 13.4. The van der Waals surface area contributed by atoms with Gasteiger partial charge in [-0.05, 0) is 73.7 Å². The van der Waals surface area contributed by atoms with Crippen molar-refractivity contribution in [3.63, 3.8) is 0 Å². The predicted molar refractivity (Wildman–Crippen MR) is 225 cm³/mol. The van der Waals surface area contributed by atoms with Crippen molar-refractivity contribution in [1.82, 2.24) is 34.8 Å². The number of piperazine rings is 1. The van der Waals surface area contributed by atoms with Crippen LogP contribution in [0.3, 0.4) is 0 Å². The lowest BCUT2D eigenvalue weighted by molar-refractivity contribution is -0.136. The second kappa shape index (κ2) is 17.7. The van der Waals surface area contributed by atoms with Gasteiger partial charge in [-0.3, -0.25) is 44.0 Å². The summed E-state index contributed by atoms with van der Waals surface area (Å²) in [6.45, 7) is 7.76. The van der Waals surface area contributed by atoms with E-state index >= 15 is 0 Å². The molecule has 2 unspecified atom stereocenters. The van der Waals surface area contributed by atoms with Gasteiger partial charge in [-0.1, -0.05) is 0 Å². The number of pyridine rings is 1. The summed E-state index contributed by atoms with van der Waals surface area (Å²) < 4.78 is 19.8. The van der Waals surface area contributed by atoms with Crippen molar-refractivity contribution in [1.29, 1.82) is 0 Å². The van der Waals surface area contributed by atoms with Crippen LogP contribution in [0.2, 0.25) is 0 Å². The fraction of sp³-hybridized carbons (Fsp3) is 0.500. The van der Waals surface area contributed by atoms with Gasteiger partial charge in [0.2, 0.25) is 11.8 Å². The molecule has 1 aromatic heterocycles. The molecule has 2 aromatic carbocycles. The number of methoxy groups -OCH3 is 2. The van der Waals surface area contributed by atoms with Crippen LogP contribution in [-0.4, -0.2) is 146 Å². The lowest BCUT2D eigenvalue weighted by Gasteiger charge is -2.37. The molecule has 8 rings (SSSR count). The van der Waals surface area contributed by atoms with E-state index in [0.29, 0.717) is 48.7 Å². The van der Waals surface area contributed by atoms with E-state index in [2.05, 4.69) is 25.3 Å². The summed E-state index contributed by atoms with van der Waals surface area (Å²) in [7, 11) is 6.65. The van der Waals surface area contributed by atoms with Crippen LogP contribution in [0.15, 0.2) is 41.3 Å². The Morgan fingerprint density at radius 2 is 1.61 bits per heavy atom. The first-order valence-corrected chi connectivity index (χ1v) is 21.1. The Morgan fingerprint density at radius 3 is 2.31 bits per heavy atom. The number of benzene rings is 2. The summed E-state index contributed by atoms with van der Waals surface area (Å²) in [5, 5.41) is 4.91. The topological polar surface area (TPSA) is 175 Å². The number of morpholine rings is 1. The van der Waals surface area contributed by atoms with Crippen LogP contribution in [0.5, 0.6) is 11.5 Å². The first-order valence-electron chi connectivity index (χ1n) is 21.1. The molecule has 5 aliphatic heterocycles. The van der Waals surface area contributed by atoms with Crippen molar-refractivity contribution in [3.05, 3.63) is 74.7 Å². The summed E-state index contributed by atoms with van der Waals surface area (Å²) in [5.74, 6) is -0.598. The summed E-state index contributed by atoms with van der Waals surface area (Å²) in [4.78, 5) is 85.9. The number of hydrogen-bond acceptors (Lipinski definition) is 12. The number of carbonyl (C=O) groups is 5. The molecule has 2 N–H and O–H groups in total. The molecule has 0 radical (unpaired) electrons. The zero-order valence-electron chi connectivity index (χ0n) is 35.3. The van der Waals surface area contributed by atoms with Crippen molar-refractivity contribution in [2.75, 3.05) is 85.1 Å². The molecule has 17 nitrogen and oxygen atoms in total. The van der Waals surface area contributed by atoms with Gasteiger partial charge >= 0.3 is 6.03 Å². The molecule has 3 fully saturated rings. The highest BCUT2D eigenvalue weighted by atomic mass is 16.5. The highest BCUT2D eigenvalue weighted by molar-refractivity contribution is 6.23. The van der Waals surface area contributed by atoms with Crippen LogP contribution in [-0.2, 0) is 40.9 Å². The van der Waals surface area contributed by atoms with Crippen molar-refractivity contribution >= 4 is 35.3 Å². The third-order valence-electron chi connectivity index (χ3n) is 12.8. The minimum Gasteiger partial charge on any atom is -0.496 e. The Morgan fingerprint density at radius 1 is 0.869 bits per heavy atom. The van der Waals surface area contributed by atoms with E-state index < -0.39 is 29.7 Å². The minimum absolute atomic E-state index is 0.0840. The van der Waals surface area contributed by atoms with E-state index in [1.165, 1.54) is 0 Å². The largest absolute Gasteiger partial charge is 0.496 e. The molecule has 3 aromatic rings. The molecular formula is C44H54N8O9. The van der Waals surface area contributed by atoms with Crippen molar-refractivity contribution < 1.29 is 38.2 Å². The van der Waals surface area contributed by atoms with Crippen LogP contribution in [0.25, 0.3) is 11.1 Å². The van der Waals surface area contributed by atoms with E-state index in [9.17, 15) is 28.8 Å². The number of fused-ring (bicyclic) bond motifs is 2. The molecule has 0 aliphatic carbocycles. The first kappa shape index (κ1) is 41.9. The van der Waals surface area contributed by atoms with Gasteiger partial charge in [0.05, 0.1) is 50.2 Å². The number of aromatic nitrogens is 1. The maximum atomic E-state index is 13.4. The molecular weight excluding hydrogens is 785 g/mol. The SMILES string of the molecule is CNC(=O)N1CCc2c(-c3cc(OC)c(CN4CCOC(CCCN5CCN(c6ccc7c(c6)C(=O)N(C6CCC(=O)NC6=O)C7=O)CC5)C4)c(OC)c3)cn(C)c(=O)c2C1. The number of imide groups is 2. The summed E-state index contributed by atoms with van der Waals surface area (Å²) in [6.07, 6.45) is 4.62. The number of carbonyl (C=O) groups excluding carboxylic acids is 5. The number of hydrogen-bond donors (Lipinski definition) is 2. The van der Waals surface area contributed by atoms with E-state index in [1.807, 2.05) is 24.4 Å². The zero-order chi connectivity index (χ0) is 42.9. The quantitative estimate of drug-likeness (QED) is 0.269. The molecule has 3 saturated heterocycles. The van der Waals surface area contributed by atoms with Crippen LogP contribution < -0.4 is 30.6 Å². The van der Waals surface area contributed by atoms with Crippen LogP contribution >= 0.6 is 0 Å². The first-order chi connectivity index (χ1) is 29.5. The second-order valence-corrected chi connectivity index (χ2v) is 16.4. The second-order valence-electron chi connectivity index (χ2n) is 16.4. The normalized spacial score (nSPS) is 21.0. The molecule has 0 bridgehead atoms. The van der Waals surface area contributed by atoms with Gasteiger partial charge in [0, 0.05) is 95.9 Å². The predicted octanol–water partition coefficient (Wildman–Crippen LogP) is 1.97. The van der Waals surface area contributed by atoms with Gasteiger partial charge in [0.25, 0.3) is 17.4 Å². The molecule has 0 saturated carbocycles. The van der Waals surface area contributed by atoms with E-state index in [-0.39, 0.29) is 42.6 Å². The summed E-state index contributed by atoms with van der Waals surface area (Å²) >= 11 is 0. The smallest absolute Gasteiger partial charge is 0.317 e. The Labute approximate surface area is 354 Å².